The Morgan fingerprint density at radius 1 is 1.36 bits per heavy atom. The highest BCUT2D eigenvalue weighted by Gasteiger charge is 2.14. The van der Waals surface area contributed by atoms with Gasteiger partial charge in [-0.15, -0.1) is 0 Å². The molecule has 0 radical (unpaired) electrons. The van der Waals surface area contributed by atoms with Crippen LogP contribution < -0.4 is 17.0 Å². The van der Waals surface area contributed by atoms with E-state index in [0.29, 0.717) is 17.6 Å². The largest absolute Gasteiger partial charge is 1.00 e. The monoisotopic (exact) mass is 225 g/mol. The van der Waals surface area contributed by atoms with Gasteiger partial charge in [0.2, 0.25) is 0 Å². The Kier molecular flexibility index (Phi) is 6.81. The minimum Gasteiger partial charge on any atom is -1.00 e. The third-order valence-electron chi connectivity index (χ3n) is 0.909. The molecule has 0 unspecified atom stereocenters. The maximum Gasteiger partial charge on any atom is 0.361 e. The molecule has 0 bridgehead atoms. The molecule has 0 atom stereocenters. The summed E-state index contributed by atoms with van der Waals surface area (Å²) in [6, 6.07) is 0. The van der Waals surface area contributed by atoms with Crippen LogP contribution in [0.5, 0.6) is 0 Å². The number of ether oxygens (including phenoxy) is 1. The van der Waals surface area contributed by atoms with E-state index in [-0.39, 0.29) is 23.0 Å². The van der Waals surface area contributed by atoms with Crippen molar-refractivity contribution in [2.45, 2.75) is 6.92 Å². The molecule has 0 aliphatic heterocycles. The molecule has 0 spiro atoms. The second kappa shape index (κ2) is 5.55. The van der Waals surface area contributed by atoms with Crippen LogP contribution in [0.15, 0.2) is 0 Å². The number of carbonyl (C=O) groups excluding carboxylic acids is 1. The first kappa shape index (κ1) is 13.5. The van der Waals surface area contributed by atoms with Gasteiger partial charge in [-0.05, 0) is 6.92 Å². The number of carbonyl (C=O) groups is 1. The fraction of sp³-hybridized carbons (Fsp3) is 0.857. The van der Waals surface area contributed by atoms with Crippen molar-refractivity contribution in [1.29, 1.82) is 0 Å². The molecule has 0 aromatic carbocycles. The van der Waals surface area contributed by atoms with E-state index in [1.807, 2.05) is 28.1 Å². The first-order chi connectivity index (χ1) is 4.45. The van der Waals surface area contributed by atoms with E-state index in [9.17, 15) is 4.79 Å². The van der Waals surface area contributed by atoms with Crippen molar-refractivity contribution in [3.05, 3.63) is 0 Å². The summed E-state index contributed by atoms with van der Waals surface area (Å²) in [5, 5.41) is 0. The molecule has 0 saturated heterocycles. The Morgan fingerprint density at radius 3 is 2.09 bits per heavy atom. The highest BCUT2D eigenvalue weighted by Crippen LogP contribution is 1.90. The molecule has 0 fully saturated rings. The normalized spacial score (nSPS) is 10.2. The third kappa shape index (κ3) is 9.91. The van der Waals surface area contributed by atoms with E-state index in [4.69, 9.17) is 4.74 Å². The third-order valence-corrected chi connectivity index (χ3v) is 0.909. The summed E-state index contributed by atoms with van der Waals surface area (Å²) in [4.78, 5) is 10.8. The van der Waals surface area contributed by atoms with Gasteiger partial charge in [-0.2, -0.15) is 0 Å². The van der Waals surface area contributed by atoms with E-state index in [2.05, 4.69) is 0 Å². The van der Waals surface area contributed by atoms with Gasteiger partial charge in [0.1, 0.15) is 0 Å². The summed E-state index contributed by atoms with van der Waals surface area (Å²) in [6.45, 7) is 2.72. The van der Waals surface area contributed by atoms with Gasteiger partial charge in [-0.25, -0.2) is 4.79 Å². The summed E-state index contributed by atoms with van der Waals surface area (Å²) >= 11 is 0. The smallest absolute Gasteiger partial charge is 0.361 e. The Labute approximate surface area is 78.7 Å². The second-order valence-electron chi connectivity index (χ2n) is 3.25. The Bertz CT molecular complexity index is 120. The van der Waals surface area contributed by atoms with Crippen LogP contribution in [0.4, 0.5) is 0 Å². The van der Waals surface area contributed by atoms with Crippen LogP contribution in [-0.2, 0) is 9.53 Å². The lowest BCUT2D eigenvalue weighted by atomic mass is 10.5. The molecule has 0 rings (SSSR count). The standard InChI is InChI=1S/C7H16NO2.BrH/c1-5-10-7(9)6-8(2,3)4;/h5-6H2,1-4H3;1H/q+1;/p-1. The van der Waals surface area contributed by atoms with E-state index in [1.54, 1.807) is 0 Å². The minimum atomic E-state index is -0.130. The van der Waals surface area contributed by atoms with Crippen LogP contribution in [-0.4, -0.2) is 44.7 Å². The zero-order chi connectivity index (χ0) is 8.20. The number of quaternary nitrogens is 1. The zero-order valence-electron chi connectivity index (χ0n) is 7.56. The molecule has 0 N–H and O–H groups in total. The number of likely N-dealkylation sites (N-methyl/N-ethyl adjacent to an activating group) is 1. The quantitative estimate of drug-likeness (QED) is 0.385. The van der Waals surface area contributed by atoms with Crippen molar-refractivity contribution in [2.75, 3.05) is 34.3 Å². The van der Waals surface area contributed by atoms with Gasteiger partial charge in [0, 0.05) is 0 Å². The predicted molar refractivity (Wildman–Crippen MR) is 39.5 cm³/mol. The predicted octanol–water partition coefficient (Wildman–Crippen LogP) is -2.74. The Balaban J connectivity index is 0. The van der Waals surface area contributed by atoms with Gasteiger partial charge in [0.25, 0.3) is 0 Å². The lowest BCUT2D eigenvalue weighted by Gasteiger charge is -2.21. The van der Waals surface area contributed by atoms with Gasteiger partial charge in [-0.1, -0.05) is 0 Å². The highest BCUT2D eigenvalue weighted by molar-refractivity contribution is 5.70. The molecule has 0 aliphatic carbocycles. The Hall–Kier alpha value is -0.0900. The molecule has 68 valence electrons. The molecule has 0 heterocycles. The minimum absolute atomic E-state index is 0. The maximum absolute atomic E-state index is 10.8. The van der Waals surface area contributed by atoms with Crippen LogP contribution in [0.1, 0.15) is 6.92 Å². The van der Waals surface area contributed by atoms with Crippen LogP contribution in [0, 0.1) is 0 Å². The molecule has 11 heavy (non-hydrogen) atoms. The number of hydrogen-bond acceptors (Lipinski definition) is 2. The average molecular weight is 226 g/mol. The topological polar surface area (TPSA) is 26.3 Å². The second-order valence-corrected chi connectivity index (χ2v) is 3.25. The van der Waals surface area contributed by atoms with Crippen LogP contribution in [0.2, 0.25) is 0 Å². The number of nitrogens with zero attached hydrogens (tertiary/aromatic N) is 1. The van der Waals surface area contributed by atoms with Crippen LogP contribution >= 0.6 is 0 Å². The summed E-state index contributed by atoms with van der Waals surface area (Å²) in [5.41, 5.74) is 0. The van der Waals surface area contributed by atoms with E-state index in [1.165, 1.54) is 0 Å². The van der Waals surface area contributed by atoms with E-state index < -0.39 is 0 Å². The van der Waals surface area contributed by atoms with E-state index in [0.717, 1.165) is 0 Å². The average Bonchev–Trinajstić information content (AvgIpc) is 1.59. The van der Waals surface area contributed by atoms with Crippen LogP contribution in [0.3, 0.4) is 0 Å². The van der Waals surface area contributed by atoms with Crippen molar-refractivity contribution in [3.8, 4) is 0 Å². The zero-order valence-corrected chi connectivity index (χ0v) is 9.14. The Morgan fingerprint density at radius 2 is 1.82 bits per heavy atom. The number of hydrogen-bond donors (Lipinski definition) is 0. The molecule has 0 aliphatic rings. The summed E-state index contributed by atoms with van der Waals surface area (Å²) in [5.74, 6) is -0.130. The van der Waals surface area contributed by atoms with Gasteiger partial charge in [0.05, 0.1) is 27.7 Å². The van der Waals surface area contributed by atoms with Crippen molar-refractivity contribution < 1.29 is 31.0 Å². The lowest BCUT2D eigenvalue weighted by molar-refractivity contribution is -0.862. The molecule has 0 amide bonds. The SMILES string of the molecule is CCOC(=O)C[N+](C)(C)C.[Br-]. The molecule has 0 aromatic heterocycles. The summed E-state index contributed by atoms with van der Waals surface area (Å²) in [7, 11) is 5.87. The molecule has 3 nitrogen and oxygen atoms in total. The van der Waals surface area contributed by atoms with Gasteiger partial charge in [0.15, 0.2) is 6.54 Å². The van der Waals surface area contributed by atoms with Crippen molar-refractivity contribution >= 4 is 5.97 Å². The van der Waals surface area contributed by atoms with Gasteiger partial charge >= 0.3 is 5.97 Å². The molecule has 4 heteroatoms. The number of halogens is 1. The van der Waals surface area contributed by atoms with Crippen molar-refractivity contribution in [1.82, 2.24) is 0 Å². The summed E-state index contributed by atoms with van der Waals surface area (Å²) < 4.78 is 5.39. The molecular formula is C7H16BrNO2. The number of esters is 1. The van der Waals surface area contributed by atoms with Crippen LogP contribution in [0.25, 0.3) is 0 Å². The fourth-order valence-corrected chi connectivity index (χ4v) is 0.594. The molecule has 0 aromatic rings. The van der Waals surface area contributed by atoms with Crippen molar-refractivity contribution in [3.63, 3.8) is 0 Å². The van der Waals surface area contributed by atoms with E-state index >= 15 is 0 Å². The fourth-order valence-electron chi connectivity index (χ4n) is 0.594. The van der Waals surface area contributed by atoms with Gasteiger partial charge in [-0.3, -0.25) is 0 Å². The first-order valence-corrected chi connectivity index (χ1v) is 3.42. The van der Waals surface area contributed by atoms with Gasteiger partial charge < -0.3 is 26.2 Å². The molecule has 0 saturated carbocycles. The molecular weight excluding hydrogens is 210 g/mol. The van der Waals surface area contributed by atoms with Crippen molar-refractivity contribution in [2.24, 2.45) is 0 Å². The number of rotatable bonds is 3. The maximum atomic E-state index is 10.8. The summed E-state index contributed by atoms with van der Waals surface area (Å²) in [6.07, 6.45) is 0. The lowest BCUT2D eigenvalue weighted by Crippen LogP contribution is -3.00. The highest BCUT2D eigenvalue weighted by atomic mass is 79.9. The first-order valence-electron chi connectivity index (χ1n) is 3.42.